The predicted octanol–water partition coefficient (Wildman–Crippen LogP) is 3.31. The molecule has 0 spiro atoms. The minimum atomic E-state index is 0.800. The van der Waals surface area contributed by atoms with Crippen LogP contribution in [0.25, 0.3) is 6.08 Å². The van der Waals surface area contributed by atoms with Crippen molar-refractivity contribution in [2.75, 3.05) is 6.61 Å². The third-order valence-corrected chi connectivity index (χ3v) is 2.32. The van der Waals surface area contributed by atoms with Gasteiger partial charge in [-0.15, -0.1) is 0 Å². The third kappa shape index (κ3) is 2.05. The molecule has 14 heavy (non-hydrogen) atoms. The Kier molecular flexibility index (Phi) is 2.68. The van der Waals surface area contributed by atoms with Crippen molar-refractivity contribution in [3.63, 3.8) is 0 Å². The first-order valence-corrected chi connectivity index (χ1v) is 4.93. The van der Waals surface area contributed by atoms with E-state index in [4.69, 9.17) is 4.74 Å². The van der Waals surface area contributed by atoms with E-state index in [2.05, 4.69) is 37.3 Å². The fraction of sp³-hybridized carbons (Fsp3) is 0.231. The SMILES string of the molecule is Cc1ccccc1/C=C1/C=CCCO1. The zero-order valence-corrected chi connectivity index (χ0v) is 8.36. The van der Waals surface area contributed by atoms with Crippen LogP contribution in [0, 0.1) is 6.92 Å². The minimum absolute atomic E-state index is 0.800. The van der Waals surface area contributed by atoms with Crippen molar-refractivity contribution >= 4 is 6.08 Å². The number of hydrogen-bond acceptors (Lipinski definition) is 1. The van der Waals surface area contributed by atoms with E-state index in [1.54, 1.807) is 0 Å². The predicted molar refractivity (Wildman–Crippen MR) is 58.9 cm³/mol. The van der Waals surface area contributed by atoms with E-state index in [1.165, 1.54) is 11.1 Å². The highest BCUT2D eigenvalue weighted by atomic mass is 16.5. The highest BCUT2D eigenvalue weighted by Crippen LogP contribution is 2.15. The van der Waals surface area contributed by atoms with Crippen LogP contribution in [0.5, 0.6) is 0 Å². The normalized spacial score (nSPS) is 18.2. The second-order valence-corrected chi connectivity index (χ2v) is 3.44. The van der Waals surface area contributed by atoms with Gasteiger partial charge in [-0.05, 0) is 36.6 Å². The lowest BCUT2D eigenvalue weighted by Crippen LogP contribution is -1.97. The van der Waals surface area contributed by atoms with E-state index in [1.807, 2.05) is 12.1 Å². The molecular formula is C13H14O. The summed E-state index contributed by atoms with van der Waals surface area (Å²) in [6, 6.07) is 8.31. The summed E-state index contributed by atoms with van der Waals surface area (Å²) >= 11 is 0. The van der Waals surface area contributed by atoms with Gasteiger partial charge in [-0.2, -0.15) is 0 Å². The highest BCUT2D eigenvalue weighted by Gasteiger charge is 2.00. The van der Waals surface area contributed by atoms with Gasteiger partial charge in [0.15, 0.2) is 0 Å². The van der Waals surface area contributed by atoms with Gasteiger partial charge in [-0.3, -0.25) is 0 Å². The maximum absolute atomic E-state index is 5.51. The maximum Gasteiger partial charge on any atom is 0.119 e. The monoisotopic (exact) mass is 186 g/mol. The van der Waals surface area contributed by atoms with Crippen LogP contribution in [0.2, 0.25) is 0 Å². The number of ether oxygens (including phenoxy) is 1. The molecule has 0 amide bonds. The lowest BCUT2D eigenvalue weighted by Gasteiger charge is -2.10. The van der Waals surface area contributed by atoms with Crippen LogP contribution >= 0.6 is 0 Å². The van der Waals surface area contributed by atoms with Gasteiger partial charge < -0.3 is 4.74 Å². The number of benzene rings is 1. The van der Waals surface area contributed by atoms with E-state index in [0.29, 0.717) is 0 Å². The Bertz CT molecular complexity index is 375. The fourth-order valence-electron chi connectivity index (χ4n) is 1.48. The average Bonchev–Trinajstić information content (AvgIpc) is 2.23. The molecular weight excluding hydrogens is 172 g/mol. The van der Waals surface area contributed by atoms with Crippen LogP contribution in [-0.2, 0) is 4.74 Å². The van der Waals surface area contributed by atoms with Crippen LogP contribution in [0.15, 0.2) is 42.2 Å². The van der Waals surface area contributed by atoms with Crippen molar-refractivity contribution in [3.05, 3.63) is 53.3 Å². The molecule has 1 aromatic rings. The fourth-order valence-corrected chi connectivity index (χ4v) is 1.48. The summed E-state index contributed by atoms with van der Waals surface area (Å²) in [5.74, 6) is 0.963. The van der Waals surface area contributed by atoms with Gasteiger partial charge in [0, 0.05) is 0 Å². The Morgan fingerprint density at radius 3 is 2.86 bits per heavy atom. The van der Waals surface area contributed by atoms with Crippen molar-refractivity contribution in [3.8, 4) is 0 Å². The van der Waals surface area contributed by atoms with Crippen LogP contribution < -0.4 is 0 Å². The zero-order valence-electron chi connectivity index (χ0n) is 8.36. The molecule has 0 fully saturated rings. The van der Waals surface area contributed by atoms with E-state index in [-0.39, 0.29) is 0 Å². The number of allylic oxidation sites excluding steroid dienone is 1. The van der Waals surface area contributed by atoms with Crippen LogP contribution in [0.1, 0.15) is 17.5 Å². The summed E-state index contributed by atoms with van der Waals surface area (Å²) in [6.45, 7) is 2.91. The largest absolute Gasteiger partial charge is 0.493 e. The van der Waals surface area contributed by atoms with Crippen LogP contribution in [0.3, 0.4) is 0 Å². The Morgan fingerprint density at radius 2 is 2.14 bits per heavy atom. The second-order valence-electron chi connectivity index (χ2n) is 3.44. The Labute approximate surface area is 84.7 Å². The summed E-state index contributed by atoms with van der Waals surface area (Å²) in [5, 5.41) is 0. The molecule has 1 aliphatic heterocycles. The topological polar surface area (TPSA) is 9.23 Å². The molecule has 0 N–H and O–H groups in total. The number of aryl methyl sites for hydroxylation is 1. The molecule has 0 aromatic heterocycles. The van der Waals surface area contributed by atoms with Gasteiger partial charge in [0.25, 0.3) is 0 Å². The molecule has 1 aromatic carbocycles. The molecule has 1 nitrogen and oxygen atoms in total. The van der Waals surface area contributed by atoms with Gasteiger partial charge in [-0.1, -0.05) is 30.3 Å². The van der Waals surface area contributed by atoms with Crippen LogP contribution in [-0.4, -0.2) is 6.61 Å². The number of hydrogen-bond donors (Lipinski definition) is 0. The van der Waals surface area contributed by atoms with E-state index < -0.39 is 0 Å². The molecule has 0 aliphatic carbocycles. The highest BCUT2D eigenvalue weighted by molar-refractivity contribution is 5.57. The van der Waals surface area contributed by atoms with E-state index >= 15 is 0 Å². The summed E-state index contributed by atoms with van der Waals surface area (Å²) in [6.07, 6.45) is 7.29. The molecule has 0 bridgehead atoms. The van der Waals surface area contributed by atoms with Crippen molar-refractivity contribution in [2.45, 2.75) is 13.3 Å². The molecule has 0 radical (unpaired) electrons. The molecule has 1 heteroatoms. The Hall–Kier alpha value is -1.50. The Morgan fingerprint density at radius 1 is 1.29 bits per heavy atom. The standard InChI is InChI=1S/C13H14O/c1-11-6-2-3-7-12(11)10-13-8-4-5-9-14-13/h2-4,6-8,10H,5,9H2,1H3/b13-10-. The summed E-state index contributed by atoms with van der Waals surface area (Å²) in [7, 11) is 0. The minimum Gasteiger partial charge on any atom is -0.493 e. The lowest BCUT2D eigenvalue weighted by molar-refractivity contribution is 0.225. The summed E-state index contributed by atoms with van der Waals surface area (Å²) in [5.41, 5.74) is 2.51. The van der Waals surface area contributed by atoms with Gasteiger partial charge in [0.05, 0.1) is 6.61 Å². The van der Waals surface area contributed by atoms with Crippen molar-refractivity contribution in [1.29, 1.82) is 0 Å². The summed E-state index contributed by atoms with van der Waals surface area (Å²) < 4.78 is 5.51. The molecule has 2 rings (SSSR count). The lowest BCUT2D eigenvalue weighted by atomic mass is 10.1. The maximum atomic E-state index is 5.51. The molecule has 0 unspecified atom stereocenters. The molecule has 0 saturated heterocycles. The average molecular weight is 186 g/mol. The Balaban J connectivity index is 2.28. The molecule has 1 aliphatic rings. The first kappa shape index (κ1) is 9.07. The third-order valence-electron chi connectivity index (χ3n) is 2.32. The molecule has 0 saturated carbocycles. The van der Waals surface area contributed by atoms with Gasteiger partial charge in [0.2, 0.25) is 0 Å². The van der Waals surface area contributed by atoms with E-state index in [0.717, 1.165) is 18.8 Å². The summed E-state index contributed by atoms with van der Waals surface area (Å²) in [4.78, 5) is 0. The van der Waals surface area contributed by atoms with Gasteiger partial charge in [0.1, 0.15) is 5.76 Å². The zero-order chi connectivity index (χ0) is 9.80. The van der Waals surface area contributed by atoms with Crippen molar-refractivity contribution in [2.24, 2.45) is 0 Å². The van der Waals surface area contributed by atoms with Crippen molar-refractivity contribution in [1.82, 2.24) is 0 Å². The quantitative estimate of drug-likeness (QED) is 0.653. The second kappa shape index (κ2) is 4.14. The molecule has 72 valence electrons. The first-order valence-electron chi connectivity index (χ1n) is 4.93. The molecule has 0 atom stereocenters. The van der Waals surface area contributed by atoms with E-state index in [9.17, 15) is 0 Å². The smallest absolute Gasteiger partial charge is 0.119 e. The molecule has 1 heterocycles. The number of rotatable bonds is 1. The van der Waals surface area contributed by atoms with Gasteiger partial charge in [-0.25, -0.2) is 0 Å². The van der Waals surface area contributed by atoms with Crippen molar-refractivity contribution < 1.29 is 4.74 Å². The van der Waals surface area contributed by atoms with Gasteiger partial charge >= 0.3 is 0 Å². The first-order chi connectivity index (χ1) is 6.86. The van der Waals surface area contributed by atoms with Crippen LogP contribution in [0.4, 0.5) is 0 Å².